The number of halogens is 1. The van der Waals surface area contributed by atoms with Crippen molar-refractivity contribution in [3.8, 4) is 17.2 Å². The third-order valence-corrected chi connectivity index (χ3v) is 6.09. The first-order chi connectivity index (χ1) is 9.91. The van der Waals surface area contributed by atoms with Crippen LogP contribution in [-0.2, 0) is 9.84 Å². The molecule has 1 heterocycles. The Morgan fingerprint density at radius 1 is 1.14 bits per heavy atom. The highest BCUT2D eigenvalue weighted by Crippen LogP contribution is 2.44. The van der Waals surface area contributed by atoms with Gasteiger partial charge in [-0.25, -0.2) is 8.42 Å². The van der Waals surface area contributed by atoms with Crippen LogP contribution in [0.5, 0.6) is 17.2 Å². The van der Waals surface area contributed by atoms with Crippen LogP contribution in [0.1, 0.15) is 17.4 Å². The number of sulfone groups is 1. The molecule has 2 rings (SSSR count). The van der Waals surface area contributed by atoms with Crippen LogP contribution in [-0.4, -0.2) is 41.3 Å². The van der Waals surface area contributed by atoms with Gasteiger partial charge >= 0.3 is 0 Å². The van der Waals surface area contributed by atoms with Crippen LogP contribution in [0.4, 0.5) is 0 Å². The highest BCUT2D eigenvalue weighted by molar-refractivity contribution is 7.91. The molecule has 1 aromatic rings. The predicted molar refractivity (Wildman–Crippen MR) is 81.5 cm³/mol. The Labute approximate surface area is 130 Å². The second-order valence-corrected chi connectivity index (χ2v) is 7.72. The van der Waals surface area contributed by atoms with Crippen molar-refractivity contribution in [2.75, 3.05) is 32.8 Å². The minimum absolute atomic E-state index is 0.0977. The molecule has 0 saturated carbocycles. The molecule has 7 heteroatoms. The quantitative estimate of drug-likeness (QED) is 0.774. The third-order valence-electron chi connectivity index (χ3n) is 3.69. The Kier molecular flexibility index (Phi) is 4.88. The molecular weight excluding hydrogens is 316 g/mol. The second kappa shape index (κ2) is 6.32. The summed E-state index contributed by atoms with van der Waals surface area (Å²) in [5.41, 5.74) is 0.772. The highest BCUT2D eigenvalue weighted by atomic mass is 35.5. The average molecular weight is 335 g/mol. The fourth-order valence-electron chi connectivity index (χ4n) is 2.59. The van der Waals surface area contributed by atoms with E-state index in [0.29, 0.717) is 23.7 Å². The summed E-state index contributed by atoms with van der Waals surface area (Å²) in [7, 11) is 1.63. The molecule has 0 amide bonds. The van der Waals surface area contributed by atoms with Crippen LogP contribution in [0.3, 0.4) is 0 Å². The maximum atomic E-state index is 11.6. The van der Waals surface area contributed by atoms with E-state index in [9.17, 15) is 8.42 Å². The fourth-order valence-corrected chi connectivity index (χ4v) is 4.87. The number of ether oxygens (including phenoxy) is 3. The lowest BCUT2D eigenvalue weighted by molar-refractivity contribution is 0.323. The zero-order valence-corrected chi connectivity index (χ0v) is 13.8. The topological polar surface area (TPSA) is 61.8 Å². The molecule has 0 radical (unpaired) electrons. The first-order valence-electron chi connectivity index (χ1n) is 6.56. The molecule has 118 valence electrons. The molecule has 0 aliphatic carbocycles. The summed E-state index contributed by atoms with van der Waals surface area (Å²) < 4.78 is 39.0. The SMILES string of the molecule is COc1cc(C(Cl)C2CCS(=O)(=O)C2)cc(OC)c1OC. The number of hydrogen-bond donors (Lipinski definition) is 0. The first kappa shape index (κ1) is 16.2. The Morgan fingerprint density at radius 2 is 1.71 bits per heavy atom. The minimum Gasteiger partial charge on any atom is -0.493 e. The molecule has 0 N–H and O–H groups in total. The van der Waals surface area contributed by atoms with Crippen molar-refractivity contribution >= 4 is 21.4 Å². The van der Waals surface area contributed by atoms with E-state index in [1.165, 1.54) is 21.3 Å². The second-order valence-electron chi connectivity index (χ2n) is 5.02. The van der Waals surface area contributed by atoms with Crippen LogP contribution < -0.4 is 14.2 Å². The van der Waals surface area contributed by atoms with Gasteiger partial charge in [0.2, 0.25) is 5.75 Å². The zero-order valence-electron chi connectivity index (χ0n) is 12.3. The molecule has 0 spiro atoms. The van der Waals surface area contributed by atoms with Crippen molar-refractivity contribution in [2.45, 2.75) is 11.8 Å². The molecule has 2 unspecified atom stereocenters. The number of benzene rings is 1. The highest BCUT2D eigenvalue weighted by Gasteiger charge is 2.34. The molecule has 1 aromatic carbocycles. The van der Waals surface area contributed by atoms with Gasteiger partial charge in [-0.15, -0.1) is 11.6 Å². The molecule has 1 aliphatic rings. The first-order valence-corrected chi connectivity index (χ1v) is 8.82. The summed E-state index contributed by atoms with van der Waals surface area (Å²) in [5, 5.41) is -0.406. The van der Waals surface area contributed by atoms with E-state index in [-0.39, 0.29) is 17.4 Å². The van der Waals surface area contributed by atoms with Crippen LogP contribution >= 0.6 is 11.6 Å². The van der Waals surface area contributed by atoms with Crippen molar-refractivity contribution in [1.82, 2.24) is 0 Å². The number of rotatable bonds is 5. The van der Waals surface area contributed by atoms with E-state index in [0.717, 1.165) is 5.56 Å². The molecule has 0 bridgehead atoms. The van der Waals surface area contributed by atoms with Gasteiger partial charge in [0.15, 0.2) is 21.3 Å². The smallest absolute Gasteiger partial charge is 0.203 e. The lowest BCUT2D eigenvalue weighted by Gasteiger charge is -2.19. The monoisotopic (exact) mass is 334 g/mol. The van der Waals surface area contributed by atoms with Crippen LogP contribution in [0.15, 0.2) is 12.1 Å². The molecule has 21 heavy (non-hydrogen) atoms. The van der Waals surface area contributed by atoms with Crippen molar-refractivity contribution in [1.29, 1.82) is 0 Å². The van der Waals surface area contributed by atoms with Gasteiger partial charge in [-0.1, -0.05) is 0 Å². The van der Waals surface area contributed by atoms with Gasteiger partial charge in [-0.05, 0) is 30.0 Å². The molecular formula is C14H19ClO5S. The van der Waals surface area contributed by atoms with Crippen molar-refractivity contribution in [2.24, 2.45) is 5.92 Å². The summed E-state index contributed by atoms with van der Waals surface area (Å²) in [6, 6.07) is 3.54. The van der Waals surface area contributed by atoms with Gasteiger partial charge in [0.1, 0.15) is 0 Å². The van der Waals surface area contributed by atoms with Crippen molar-refractivity contribution in [3.63, 3.8) is 0 Å². The normalized spacial score (nSPS) is 21.8. The lowest BCUT2D eigenvalue weighted by atomic mass is 9.97. The summed E-state index contributed by atoms with van der Waals surface area (Å²) in [5.74, 6) is 1.74. The van der Waals surface area contributed by atoms with Gasteiger partial charge in [-0.3, -0.25) is 0 Å². The van der Waals surface area contributed by atoms with Crippen LogP contribution in [0.2, 0.25) is 0 Å². The summed E-state index contributed by atoms with van der Waals surface area (Å²) in [6.07, 6.45) is 0.577. The molecule has 1 fully saturated rings. The van der Waals surface area contributed by atoms with E-state index >= 15 is 0 Å². The van der Waals surface area contributed by atoms with Crippen molar-refractivity contribution in [3.05, 3.63) is 17.7 Å². The zero-order chi connectivity index (χ0) is 15.6. The maximum absolute atomic E-state index is 11.6. The molecule has 1 saturated heterocycles. The van der Waals surface area contributed by atoms with E-state index in [1.807, 2.05) is 0 Å². The van der Waals surface area contributed by atoms with E-state index < -0.39 is 15.2 Å². The van der Waals surface area contributed by atoms with Gasteiger partial charge in [0.25, 0.3) is 0 Å². The van der Waals surface area contributed by atoms with Gasteiger partial charge in [0.05, 0.1) is 38.2 Å². The molecule has 5 nitrogen and oxygen atoms in total. The fraction of sp³-hybridized carbons (Fsp3) is 0.571. The van der Waals surface area contributed by atoms with Gasteiger partial charge in [0, 0.05) is 0 Å². The standard InChI is InChI=1S/C14H19ClO5S/c1-18-11-6-10(7-12(19-2)14(11)20-3)13(15)9-4-5-21(16,17)8-9/h6-7,9,13H,4-5,8H2,1-3H3. The van der Waals surface area contributed by atoms with Gasteiger partial charge in [-0.2, -0.15) is 0 Å². The lowest BCUT2D eigenvalue weighted by Crippen LogP contribution is -2.11. The summed E-state index contributed by atoms with van der Waals surface area (Å²) in [4.78, 5) is 0. The van der Waals surface area contributed by atoms with E-state index in [2.05, 4.69) is 0 Å². The summed E-state index contributed by atoms with van der Waals surface area (Å²) >= 11 is 6.48. The Bertz CT molecular complexity index is 589. The van der Waals surface area contributed by atoms with Crippen molar-refractivity contribution < 1.29 is 22.6 Å². The van der Waals surface area contributed by atoms with E-state index in [1.54, 1.807) is 12.1 Å². The van der Waals surface area contributed by atoms with Crippen LogP contribution in [0, 0.1) is 5.92 Å². The third kappa shape index (κ3) is 3.37. The maximum Gasteiger partial charge on any atom is 0.203 e. The molecule has 2 atom stereocenters. The minimum atomic E-state index is -2.96. The molecule has 0 aromatic heterocycles. The Morgan fingerprint density at radius 3 is 2.10 bits per heavy atom. The predicted octanol–water partition coefficient (Wildman–Crippen LogP) is 2.43. The summed E-state index contributed by atoms with van der Waals surface area (Å²) in [6.45, 7) is 0. The number of alkyl halides is 1. The Balaban J connectivity index is 2.35. The largest absolute Gasteiger partial charge is 0.493 e. The number of methoxy groups -OCH3 is 3. The Hall–Kier alpha value is -1.14. The number of hydrogen-bond acceptors (Lipinski definition) is 5. The van der Waals surface area contributed by atoms with E-state index in [4.69, 9.17) is 25.8 Å². The van der Waals surface area contributed by atoms with Crippen LogP contribution in [0.25, 0.3) is 0 Å². The molecule has 1 aliphatic heterocycles. The average Bonchev–Trinajstić information content (AvgIpc) is 2.84. The van der Waals surface area contributed by atoms with Gasteiger partial charge < -0.3 is 14.2 Å².